The topological polar surface area (TPSA) is 64.3 Å². The molecule has 0 saturated carbocycles. The fourth-order valence-electron chi connectivity index (χ4n) is 4.03. The first-order valence-corrected chi connectivity index (χ1v) is 11.1. The van der Waals surface area contributed by atoms with Crippen LogP contribution in [0.5, 0.6) is 5.75 Å². The third-order valence-electron chi connectivity index (χ3n) is 5.68. The first-order valence-electron chi connectivity index (χ1n) is 10.2. The smallest absolute Gasteiger partial charge is 0.257 e. The van der Waals surface area contributed by atoms with Gasteiger partial charge in [-0.3, -0.25) is 4.90 Å². The van der Waals surface area contributed by atoms with Crippen LogP contribution in [-0.4, -0.2) is 40.3 Å². The molecule has 7 heteroatoms. The van der Waals surface area contributed by atoms with Gasteiger partial charge in [0.25, 0.3) is 5.89 Å². The van der Waals surface area contributed by atoms with Crippen molar-refractivity contribution in [2.24, 2.45) is 0 Å². The number of piperidine rings is 1. The van der Waals surface area contributed by atoms with Crippen LogP contribution in [0.2, 0.25) is 0 Å². The number of aromatic nitrogens is 3. The number of rotatable bonds is 5. The summed E-state index contributed by atoms with van der Waals surface area (Å²) in [5.74, 6) is 2.55. The van der Waals surface area contributed by atoms with Gasteiger partial charge in [0.15, 0.2) is 0 Å². The first-order chi connectivity index (χ1) is 14.7. The summed E-state index contributed by atoms with van der Waals surface area (Å²) in [6.45, 7) is 4.91. The van der Waals surface area contributed by atoms with Crippen molar-refractivity contribution in [3.8, 4) is 16.5 Å². The molecule has 6 nitrogen and oxygen atoms in total. The third kappa shape index (κ3) is 3.82. The van der Waals surface area contributed by atoms with Crippen LogP contribution in [-0.2, 0) is 6.54 Å². The first kappa shape index (κ1) is 19.2. The highest BCUT2D eigenvalue weighted by Crippen LogP contribution is 2.32. The molecule has 1 aliphatic rings. The second-order valence-electron chi connectivity index (χ2n) is 7.74. The molecule has 0 amide bonds. The van der Waals surface area contributed by atoms with Gasteiger partial charge in [0.2, 0.25) is 5.89 Å². The number of para-hydroxylation sites is 1. The van der Waals surface area contributed by atoms with Crippen LogP contribution in [0.15, 0.2) is 46.9 Å². The number of nitrogens with zero attached hydrogens (tertiary/aromatic N) is 4. The molecule has 1 aromatic carbocycles. The van der Waals surface area contributed by atoms with Crippen LogP contribution in [0.25, 0.3) is 21.7 Å². The lowest BCUT2D eigenvalue weighted by molar-refractivity contribution is 0.191. The molecule has 1 saturated heterocycles. The number of benzene rings is 1. The number of likely N-dealkylation sites (tertiary alicyclic amines) is 1. The Labute approximate surface area is 179 Å². The second-order valence-corrected chi connectivity index (χ2v) is 9.03. The highest BCUT2D eigenvalue weighted by atomic mass is 32.1. The SMILES string of the molecule is COc1cccc2ccc(CN3CCC(c4nnc(-c5ccc(C)s5)o4)CC3)nc12. The van der Waals surface area contributed by atoms with Crippen LogP contribution in [0.3, 0.4) is 0 Å². The molecule has 0 aliphatic carbocycles. The van der Waals surface area contributed by atoms with Crippen molar-refractivity contribution in [3.63, 3.8) is 0 Å². The van der Waals surface area contributed by atoms with Crippen LogP contribution < -0.4 is 4.74 Å². The average molecular weight is 421 g/mol. The minimum atomic E-state index is 0.327. The number of aryl methyl sites for hydroxylation is 1. The zero-order valence-electron chi connectivity index (χ0n) is 17.2. The Bertz CT molecular complexity index is 1160. The van der Waals surface area contributed by atoms with Gasteiger partial charge < -0.3 is 9.15 Å². The van der Waals surface area contributed by atoms with E-state index in [1.165, 1.54) is 4.88 Å². The van der Waals surface area contributed by atoms with E-state index in [2.05, 4.69) is 46.3 Å². The van der Waals surface area contributed by atoms with Crippen molar-refractivity contribution < 1.29 is 9.15 Å². The predicted molar refractivity (Wildman–Crippen MR) is 118 cm³/mol. The summed E-state index contributed by atoms with van der Waals surface area (Å²) in [5, 5.41) is 9.70. The summed E-state index contributed by atoms with van der Waals surface area (Å²) < 4.78 is 11.5. The fourth-order valence-corrected chi connectivity index (χ4v) is 4.82. The molecular weight excluding hydrogens is 396 g/mol. The van der Waals surface area contributed by atoms with Gasteiger partial charge in [-0.2, -0.15) is 0 Å². The average Bonchev–Trinajstić information content (AvgIpc) is 3.43. The Balaban J connectivity index is 1.23. The molecule has 4 heterocycles. The Morgan fingerprint density at radius 1 is 1.10 bits per heavy atom. The summed E-state index contributed by atoms with van der Waals surface area (Å²) in [6.07, 6.45) is 2.03. The molecule has 0 N–H and O–H groups in total. The lowest BCUT2D eigenvalue weighted by Crippen LogP contribution is -2.32. The Hall–Kier alpha value is -2.77. The van der Waals surface area contributed by atoms with Crippen molar-refractivity contribution in [2.45, 2.75) is 32.2 Å². The molecule has 3 aromatic heterocycles. The molecule has 0 bridgehead atoms. The van der Waals surface area contributed by atoms with Crippen LogP contribution in [0.1, 0.15) is 35.2 Å². The van der Waals surface area contributed by atoms with Crippen molar-refractivity contribution in [2.75, 3.05) is 20.2 Å². The van der Waals surface area contributed by atoms with Gasteiger partial charge in [0.1, 0.15) is 11.3 Å². The highest BCUT2D eigenvalue weighted by molar-refractivity contribution is 7.15. The van der Waals surface area contributed by atoms with E-state index in [-0.39, 0.29) is 0 Å². The summed E-state index contributed by atoms with van der Waals surface area (Å²) in [4.78, 5) is 9.59. The number of thiophene rings is 1. The van der Waals surface area contributed by atoms with E-state index in [9.17, 15) is 0 Å². The fraction of sp³-hybridized carbons (Fsp3) is 0.348. The molecule has 0 unspecified atom stereocenters. The summed E-state index contributed by atoms with van der Waals surface area (Å²) >= 11 is 1.69. The van der Waals surface area contributed by atoms with E-state index in [1.807, 2.05) is 18.2 Å². The molecule has 0 spiro atoms. The number of methoxy groups -OCH3 is 1. The van der Waals surface area contributed by atoms with Crippen molar-refractivity contribution >= 4 is 22.2 Å². The standard InChI is InChI=1S/C23H24N4O2S/c1-15-6-9-20(30-15)23-26-25-22(29-23)17-10-12-27(13-11-17)14-18-8-7-16-4-3-5-19(28-2)21(16)24-18/h3-9,17H,10-14H2,1-2H3. The molecule has 4 aromatic rings. The van der Waals surface area contributed by atoms with Gasteiger partial charge in [-0.15, -0.1) is 21.5 Å². The predicted octanol–water partition coefficient (Wildman–Crippen LogP) is 5.04. The van der Waals surface area contributed by atoms with E-state index in [0.717, 1.165) is 65.6 Å². The number of ether oxygens (including phenoxy) is 1. The van der Waals surface area contributed by atoms with Gasteiger partial charge in [0, 0.05) is 22.7 Å². The number of hydrogen-bond donors (Lipinski definition) is 0. The Kier molecular flexibility index (Phi) is 5.23. The van der Waals surface area contributed by atoms with Crippen LogP contribution >= 0.6 is 11.3 Å². The number of pyridine rings is 1. The second kappa shape index (κ2) is 8.16. The zero-order valence-corrected chi connectivity index (χ0v) is 18.0. The van der Waals surface area contributed by atoms with Crippen molar-refractivity contribution in [1.29, 1.82) is 0 Å². The van der Waals surface area contributed by atoms with Crippen molar-refractivity contribution in [3.05, 3.63) is 58.9 Å². The maximum absolute atomic E-state index is 5.99. The largest absolute Gasteiger partial charge is 0.494 e. The normalized spacial score (nSPS) is 15.7. The molecule has 1 aliphatic heterocycles. The molecule has 0 atom stereocenters. The lowest BCUT2D eigenvalue weighted by Gasteiger charge is -2.30. The highest BCUT2D eigenvalue weighted by Gasteiger charge is 2.25. The maximum Gasteiger partial charge on any atom is 0.257 e. The van der Waals surface area contributed by atoms with E-state index in [1.54, 1.807) is 18.4 Å². The molecule has 154 valence electrons. The summed E-state index contributed by atoms with van der Waals surface area (Å²) in [7, 11) is 1.69. The van der Waals surface area contributed by atoms with E-state index >= 15 is 0 Å². The Morgan fingerprint density at radius 2 is 1.97 bits per heavy atom. The summed E-state index contributed by atoms with van der Waals surface area (Å²) in [6, 6.07) is 14.4. The van der Waals surface area contributed by atoms with Crippen LogP contribution in [0.4, 0.5) is 0 Å². The molecule has 1 fully saturated rings. The third-order valence-corrected chi connectivity index (χ3v) is 6.66. The maximum atomic E-state index is 5.99. The van der Waals surface area contributed by atoms with Gasteiger partial charge in [-0.05, 0) is 57.1 Å². The molecule has 0 radical (unpaired) electrons. The Morgan fingerprint density at radius 3 is 2.73 bits per heavy atom. The van der Waals surface area contributed by atoms with E-state index < -0.39 is 0 Å². The monoisotopic (exact) mass is 420 g/mol. The van der Waals surface area contributed by atoms with Crippen molar-refractivity contribution in [1.82, 2.24) is 20.1 Å². The zero-order chi connectivity index (χ0) is 20.5. The number of hydrogen-bond acceptors (Lipinski definition) is 7. The van der Waals surface area contributed by atoms with E-state index in [4.69, 9.17) is 14.1 Å². The van der Waals surface area contributed by atoms with Crippen LogP contribution in [0, 0.1) is 6.92 Å². The van der Waals surface area contributed by atoms with E-state index in [0.29, 0.717) is 11.8 Å². The molecular formula is C23H24N4O2S. The van der Waals surface area contributed by atoms with Gasteiger partial charge in [-0.25, -0.2) is 4.98 Å². The van der Waals surface area contributed by atoms with Gasteiger partial charge in [0.05, 0.1) is 17.7 Å². The number of fused-ring (bicyclic) bond motifs is 1. The molecule has 5 rings (SSSR count). The minimum Gasteiger partial charge on any atom is -0.494 e. The lowest BCUT2D eigenvalue weighted by atomic mass is 9.96. The molecule has 30 heavy (non-hydrogen) atoms. The minimum absolute atomic E-state index is 0.327. The van der Waals surface area contributed by atoms with Gasteiger partial charge in [-0.1, -0.05) is 18.2 Å². The summed E-state index contributed by atoms with van der Waals surface area (Å²) in [5.41, 5.74) is 1.99. The quantitative estimate of drug-likeness (QED) is 0.451. The van der Waals surface area contributed by atoms with Gasteiger partial charge >= 0.3 is 0 Å².